The van der Waals surface area contributed by atoms with Gasteiger partial charge in [-0.25, -0.2) is 0 Å². The number of ether oxygens (including phenoxy) is 1. The first-order chi connectivity index (χ1) is 8.43. The average Bonchev–Trinajstić information content (AvgIpc) is 2.28. The van der Waals surface area contributed by atoms with Crippen LogP contribution in [-0.2, 0) is 0 Å². The second kappa shape index (κ2) is 6.61. The van der Waals surface area contributed by atoms with Crippen molar-refractivity contribution in [3.8, 4) is 5.88 Å². The lowest BCUT2D eigenvalue weighted by molar-refractivity contribution is 0.270. The highest BCUT2D eigenvalue weighted by Gasteiger charge is 2.14. The van der Waals surface area contributed by atoms with Crippen LogP contribution in [0.2, 0.25) is 0 Å². The summed E-state index contributed by atoms with van der Waals surface area (Å²) in [7, 11) is 4.05. The zero-order chi connectivity index (χ0) is 13.7. The van der Waals surface area contributed by atoms with Gasteiger partial charge >= 0.3 is 0 Å². The lowest BCUT2D eigenvalue weighted by Crippen LogP contribution is -2.19. The predicted molar refractivity (Wildman–Crippen MR) is 76.1 cm³/mol. The third-order valence-corrected chi connectivity index (χ3v) is 2.86. The zero-order valence-corrected chi connectivity index (χ0v) is 12.2. The van der Waals surface area contributed by atoms with Crippen molar-refractivity contribution in [2.75, 3.05) is 27.2 Å². The van der Waals surface area contributed by atoms with Crippen LogP contribution in [0.5, 0.6) is 5.88 Å². The van der Waals surface area contributed by atoms with E-state index in [2.05, 4.69) is 15.1 Å². The monoisotopic (exact) mass is 268 g/mol. The Morgan fingerprint density at radius 1 is 1.33 bits per heavy atom. The Hall–Kier alpha value is -1.27. The van der Waals surface area contributed by atoms with Crippen molar-refractivity contribution in [2.45, 2.75) is 20.3 Å². The summed E-state index contributed by atoms with van der Waals surface area (Å²) in [6.45, 7) is 5.33. The molecule has 1 aromatic rings. The molecule has 0 saturated carbocycles. The average molecular weight is 268 g/mol. The minimum absolute atomic E-state index is 0.299. The number of rotatable bonds is 6. The van der Waals surface area contributed by atoms with Gasteiger partial charge < -0.3 is 15.4 Å². The first-order valence-corrected chi connectivity index (χ1v) is 6.25. The van der Waals surface area contributed by atoms with Crippen LogP contribution in [0, 0.1) is 13.8 Å². The summed E-state index contributed by atoms with van der Waals surface area (Å²) in [5.41, 5.74) is 8.16. The summed E-state index contributed by atoms with van der Waals surface area (Å²) >= 11 is 5.04. The second-order valence-electron chi connectivity index (χ2n) is 4.46. The fraction of sp³-hybridized carbons (Fsp3) is 0.583. The minimum Gasteiger partial charge on any atom is -0.476 e. The van der Waals surface area contributed by atoms with Crippen LogP contribution in [0.15, 0.2) is 0 Å². The van der Waals surface area contributed by atoms with E-state index in [1.807, 2.05) is 27.9 Å². The Morgan fingerprint density at radius 3 is 2.56 bits per heavy atom. The molecule has 0 bridgehead atoms. The third-order valence-electron chi connectivity index (χ3n) is 2.66. The lowest BCUT2D eigenvalue weighted by Gasteiger charge is -2.13. The van der Waals surface area contributed by atoms with Crippen molar-refractivity contribution < 1.29 is 4.74 Å². The maximum Gasteiger partial charge on any atom is 0.244 e. The Bertz CT molecular complexity index is 434. The maximum atomic E-state index is 5.71. The van der Waals surface area contributed by atoms with E-state index in [9.17, 15) is 0 Å². The molecular formula is C12H20N4OS. The van der Waals surface area contributed by atoms with E-state index in [0.29, 0.717) is 23.0 Å². The van der Waals surface area contributed by atoms with Crippen molar-refractivity contribution >= 4 is 17.2 Å². The molecular weight excluding hydrogens is 248 g/mol. The number of thiocarbonyl (C=S) groups is 1. The van der Waals surface area contributed by atoms with Crippen LogP contribution >= 0.6 is 12.2 Å². The topological polar surface area (TPSA) is 64.3 Å². The molecule has 18 heavy (non-hydrogen) atoms. The first kappa shape index (κ1) is 14.8. The third kappa shape index (κ3) is 3.89. The molecule has 2 N–H and O–H groups in total. The highest BCUT2D eigenvalue weighted by atomic mass is 32.1. The molecule has 0 spiro atoms. The zero-order valence-electron chi connectivity index (χ0n) is 11.4. The van der Waals surface area contributed by atoms with Crippen LogP contribution in [0.1, 0.15) is 23.2 Å². The van der Waals surface area contributed by atoms with Gasteiger partial charge in [0.1, 0.15) is 4.99 Å². The Morgan fingerprint density at radius 2 is 2.00 bits per heavy atom. The molecule has 0 aliphatic rings. The quantitative estimate of drug-likeness (QED) is 0.615. The van der Waals surface area contributed by atoms with Gasteiger partial charge in [0, 0.05) is 6.54 Å². The molecule has 1 heterocycles. The lowest BCUT2D eigenvalue weighted by atomic mass is 10.1. The summed E-state index contributed by atoms with van der Waals surface area (Å²) in [6, 6.07) is 0. The minimum atomic E-state index is 0.299. The van der Waals surface area contributed by atoms with Gasteiger partial charge in [-0.05, 0) is 39.9 Å². The van der Waals surface area contributed by atoms with Crippen molar-refractivity contribution in [1.29, 1.82) is 0 Å². The van der Waals surface area contributed by atoms with E-state index in [1.54, 1.807) is 0 Å². The SMILES string of the molecule is Cc1nnc(OCCCN(C)C)c(C(N)=S)c1C. The molecule has 0 fully saturated rings. The highest BCUT2D eigenvalue weighted by Crippen LogP contribution is 2.20. The van der Waals surface area contributed by atoms with E-state index in [4.69, 9.17) is 22.7 Å². The van der Waals surface area contributed by atoms with Gasteiger partial charge in [-0.2, -0.15) is 5.10 Å². The molecule has 1 aromatic heterocycles. The van der Waals surface area contributed by atoms with Crippen LogP contribution in [-0.4, -0.2) is 47.3 Å². The summed E-state index contributed by atoms with van der Waals surface area (Å²) in [5.74, 6) is 0.435. The number of nitrogens with two attached hydrogens (primary N) is 1. The van der Waals surface area contributed by atoms with Crippen LogP contribution < -0.4 is 10.5 Å². The number of aryl methyl sites for hydroxylation is 1. The van der Waals surface area contributed by atoms with Gasteiger partial charge in [0.15, 0.2) is 0 Å². The largest absolute Gasteiger partial charge is 0.476 e. The molecule has 0 atom stereocenters. The number of aromatic nitrogens is 2. The van der Waals surface area contributed by atoms with Crippen LogP contribution in [0.3, 0.4) is 0 Å². The van der Waals surface area contributed by atoms with E-state index in [-0.39, 0.29) is 0 Å². The fourth-order valence-electron chi connectivity index (χ4n) is 1.53. The molecule has 0 radical (unpaired) electrons. The van der Waals surface area contributed by atoms with Gasteiger partial charge in [0.2, 0.25) is 5.88 Å². The Labute approximate surface area is 113 Å². The van der Waals surface area contributed by atoms with Crippen LogP contribution in [0.25, 0.3) is 0 Å². The molecule has 0 aliphatic heterocycles. The Kier molecular flexibility index (Phi) is 5.43. The molecule has 0 aliphatic carbocycles. The van der Waals surface area contributed by atoms with Gasteiger partial charge in [0.05, 0.1) is 17.9 Å². The second-order valence-corrected chi connectivity index (χ2v) is 4.90. The van der Waals surface area contributed by atoms with Crippen LogP contribution in [0.4, 0.5) is 0 Å². The molecule has 0 amide bonds. The molecule has 0 saturated heterocycles. The molecule has 5 nitrogen and oxygen atoms in total. The number of hydrogen-bond donors (Lipinski definition) is 1. The number of nitrogens with zero attached hydrogens (tertiary/aromatic N) is 3. The predicted octanol–water partition coefficient (Wildman–Crippen LogP) is 1.06. The molecule has 100 valence electrons. The normalized spacial score (nSPS) is 10.7. The molecule has 6 heteroatoms. The van der Waals surface area contributed by atoms with Gasteiger partial charge in [-0.3, -0.25) is 0 Å². The van der Waals surface area contributed by atoms with E-state index in [1.165, 1.54) is 0 Å². The summed E-state index contributed by atoms with van der Waals surface area (Å²) < 4.78 is 5.62. The summed E-state index contributed by atoms with van der Waals surface area (Å²) in [5, 5.41) is 8.06. The van der Waals surface area contributed by atoms with E-state index in [0.717, 1.165) is 24.2 Å². The molecule has 1 rings (SSSR count). The van der Waals surface area contributed by atoms with Gasteiger partial charge in [-0.1, -0.05) is 12.2 Å². The van der Waals surface area contributed by atoms with Gasteiger partial charge in [0.25, 0.3) is 0 Å². The van der Waals surface area contributed by atoms with Crippen molar-refractivity contribution in [2.24, 2.45) is 5.73 Å². The summed E-state index contributed by atoms with van der Waals surface area (Å²) in [4.78, 5) is 2.40. The van der Waals surface area contributed by atoms with E-state index < -0.39 is 0 Å². The van der Waals surface area contributed by atoms with Gasteiger partial charge in [-0.15, -0.1) is 5.10 Å². The van der Waals surface area contributed by atoms with Crippen molar-refractivity contribution in [1.82, 2.24) is 15.1 Å². The Balaban J connectivity index is 2.76. The first-order valence-electron chi connectivity index (χ1n) is 5.84. The number of hydrogen-bond acceptors (Lipinski definition) is 5. The van der Waals surface area contributed by atoms with Crippen molar-refractivity contribution in [3.63, 3.8) is 0 Å². The fourth-order valence-corrected chi connectivity index (χ4v) is 1.77. The maximum absolute atomic E-state index is 5.71. The highest BCUT2D eigenvalue weighted by molar-refractivity contribution is 7.80. The molecule has 0 unspecified atom stereocenters. The van der Waals surface area contributed by atoms with E-state index >= 15 is 0 Å². The standard InChI is InChI=1S/C12H20N4OS/c1-8-9(2)14-15-12(10(8)11(13)18)17-7-5-6-16(3)4/h5-7H2,1-4H3,(H2,13,18). The summed E-state index contributed by atoms with van der Waals surface area (Å²) in [6.07, 6.45) is 0.915. The van der Waals surface area contributed by atoms with Crippen molar-refractivity contribution in [3.05, 3.63) is 16.8 Å². The molecule has 0 aromatic carbocycles. The smallest absolute Gasteiger partial charge is 0.244 e.